The van der Waals surface area contributed by atoms with Crippen molar-refractivity contribution in [1.29, 1.82) is 0 Å². The summed E-state index contributed by atoms with van der Waals surface area (Å²) >= 11 is 6.28. The molecule has 0 aliphatic carbocycles. The van der Waals surface area contributed by atoms with Gasteiger partial charge < -0.3 is 10.5 Å². The number of nitrogens with two attached hydrogens (primary N) is 1. The van der Waals surface area contributed by atoms with Gasteiger partial charge in [0, 0.05) is 16.6 Å². The van der Waals surface area contributed by atoms with Crippen LogP contribution in [0.2, 0.25) is 5.02 Å². The normalized spacial score (nSPS) is 13.8. The van der Waals surface area contributed by atoms with Crippen molar-refractivity contribution in [3.63, 3.8) is 0 Å². The van der Waals surface area contributed by atoms with Crippen molar-refractivity contribution in [2.75, 3.05) is 0 Å². The standard InChI is InChI=1S/C17H20ClNO/c1-3-16(19)17(14-9-4-5-10-15(14)18)20-13-8-6-7-12(2)11-13/h4-11,16-17H,3,19H2,1-2H3. The fraction of sp³-hybridized carbons (Fsp3) is 0.294. The third-order valence-corrected chi connectivity index (χ3v) is 3.67. The van der Waals surface area contributed by atoms with Gasteiger partial charge in [-0.2, -0.15) is 0 Å². The highest BCUT2D eigenvalue weighted by atomic mass is 35.5. The first-order valence-electron chi connectivity index (χ1n) is 6.85. The zero-order chi connectivity index (χ0) is 14.5. The minimum atomic E-state index is -0.240. The second kappa shape index (κ2) is 6.78. The number of hydrogen-bond acceptors (Lipinski definition) is 2. The van der Waals surface area contributed by atoms with Gasteiger partial charge in [-0.3, -0.25) is 0 Å². The number of benzene rings is 2. The van der Waals surface area contributed by atoms with Crippen LogP contribution in [0.15, 0.2) is 48.5 Å². The Labute approximate surface area is 125 Å². The number of hydrogen-bond donors (Lipinski definition) is 1. The molecule has 2 nitrogen and oxygen atoms in total. The van der Waals surface area contributed by atoms with E-state index in [1.807, 2.05) is 62.4 Å². The average Bonchev–Trinajstić information content (AvgIpc) is 2.45. The first-order valence-corrected chi connectivity index (χ1v) is 7.23. The predicted molar refractivity (Wildman–Crippen MR) is 84.3 cm³/mol. The van der Waals surface area contributed by atoms with Crippen LogP contribution in [0.4, 0.5) is 0 Å². The lowest BCUT2D eigenvalue weighted by atomic mass is 10.0. The highest BCUT2D eigenvalue weighted by Gasteiger charge is 2.22. The fourth-order valence-corrected chi connectivity index (χ4v) is 2.38. The maximum absolute atomic E-state index is 6.28. The van der Waals surface area contributed by atoms with Crippen molar-refractivity contribution < 1.29 is 4.74 Å². The van der Waals surface area contributed by atoms with Crippen LogP contribution in [-0.2, 0) is 0 Å². The zero-order valence-corrected chi connectivity index (χ0v) is 12.6. The molecule has 3 heteroatoms. The van der Waals surface area contributed by atoms with Gasteiger partial charge >= 0.3 is 0 Å². The number of aryl methyl sites for hydroxylation is 1. The van der Waals surface area contributed by atoms with E-state index in [0.717, 1.165) is 23.3 Å². The summed E-state index contributed by atoms with van der Waals surface area (Å²) in [6.07, 6.45) is 0.581. The maximum atomic E-state index is 6.28. The van der Waals surface area contributed by atoms with Gasteiger partial charge in [0.15, 0.2) is 0 Å². The molecule has 0 amide bonds. The predicted octanol–water partition coefficient (Wildman–Crippen LogP) is 4.51. The van der Waals surface area contributed by atoms with Crippen molar-refractivity contribution >= 4 is 11.6 Å². The van der Waals surface area contributed by atoms with Gasteiger partial charge in [0.1, 0.15) is 11.9 Å². The van der Waals surface area contributed by atoms with Crippen molar-refractivity contribution in [3.8, 4) is 5.75 Å². The highest BCUT2D eigenvalue weighted by Crippen LogP contribution is 2.30. The summed E-state index contributed by atoms with van der Waals surface area (Å²) in [5, 5.41) is 0.689. The molecule has 2 aromatic carbocycles. The Bertz CT molecular complexity index is 570. The smallest absolute Gasteiger partial charge is 0.140 e. The van der Waals surface area contributed by atoms with E-state index in [9.17, 15) is 0 Å². The van der Waals surface area contributed by atoms with Gasteiger partial charge in [-0.05, 0) is 37.1 Å². The molecular formula is C17H20ClNO. The Balaban J connectivity index is 2.32. The van der Waals surface area contributed by atoms with E-state index in [-0.39, 0.29) is 12.1 Å². The molecule has 0 spiro atoms. The molecule has 0 aliphatic rings. The molecule has 0 aliphatic heterocycles. The second-order valence-corrected chi connectivity index (χ2v) is 5.36. The first kappa shape index (κ1) is 14.9. The first-order chi connectivity index (χ1) is 9.61. The topological polar surface area (TPSA) is 35.2 Å². The monoisotopic (exact) mass is 289 g/mol. The van der Waals surface area contributed by atoms with Gasteiger partial charge in [-0.25, -0.2) is 0 Å². The van der Waals surface area contributed by atoms with Gasteiger partial charge in [0.25, 0.3) is 0 Å². The Hall–Kier alpha value is -1.51. The molecule has 0 saturated carbocycles. The van der Waals surface area contributed by atoms with Crippen molar-refractivity contribution in [2.45, 2.75) is 32.4 Å². The van der Waals surface area contributed by atoms with E-state index >= 15 is 0 Å². The van der Waals surface area contributed by atoms with E-state index in [0.29, 0.717) is 5.02 Å². The Morgan fingerprint density at radius 2 is 1.90 bits per heavy atom. The third-order valence-electron chi connectivity index (χ3n) is 3.32. The maximum Gasteiger partial charge on any atom is 0.140 e. The molecule has 0 radical (unpaired) electrons. The van der Waals surface area contributed by atoms with Crippen LogP contribution < -0.4 is 10.5 Å². The van der Waals surface area contributed by atoms with E-state index in [1.54, 1.807) is 0 Å². The van der Waals surface area contributed by atoms with E-state index < -0.39 is 0 Å². The van der Waals surface area contributed by atoms with Crippen LogP contribution in [0.3, 0.4) is 0 Å². The van der Waals surface area contributed by atoms with E-state index in [4.69, 9.17) is 22.1 Å². The van der Waals surface area contributed by atoms with Crippen LogP contribution in [-0.4, -0.2) is 6.04 Å². The molecule has 2 unspecified atom stereocenters. The molecule has 0 saturated heterocycles. The molecule has 0 bridgehead atoms. The SMILES string of the molecule is CCC(N)C(Oc1cccc(C)c1)c1ccccc1Cl. The average molecular weight is 290 g/mol. The molecule has 2 atom stereocenters. The lowest BCUT2D eigenvalue weighted by Crippen LogP contribution is -2.31. The molecule has 20 heavy (non-hydrogen) atoms. The van der Waals surface area contributed by atoms with Crippen LogP contribution in [0.25, 0.3) is 0 Å². The van der Waals surface area contributed by atoms with E-state index in [1.165, 1.54) is 0 Å². The molecule has 2 N–H and O–H groups in total. The summed E-state index contributed by atoms with van der Waals surface area (Å²) in [5.41, 5.74) is 8.31. The summed E-state index contributed by atoms with van der Waals surface area (Å²) in [6, 6.07) is 15.6. The Morgan fingerprint density at radius 1 is 1.15 bits per heavy atom. The zero-order valence-electron chi connectivity index (χ0n) is 11.8. The summed E-state index contributed by atoms with van der Waals surface area (Å²) in [4.78, 5) is 0. The summed E-state index contributed by atoms with van der Waals surface area (Å²) in [7, 11) is 0. The molecular weight excluding hydrogens is 270 g/mol. The summed E-state index contributed by atoms with van der Waals surface area (Å²) in [6.45, 7) is 4.09. The highest BCUT2D eigenvalue weighted by molar-refractivity contribution is 6.31. The summed E-state index contributed by atoms with van der Waals surface area (Å²) < 4.78 is 6.11. The van der Waals surface area contributed by atoms with Gasteiger partial charge in [-0.15, -0.1) is 0 Å². The molecule has 106 valence electrons. The summed E-state index contributed by atoms with van der Waals surface area (Å²) in [5.74, 6) is 0.818. The quantitative estimate of drug-likeness (QED) is 0.879. The Morgan fingerprint density at radius 3 is 2.55 bits per heavy atom. The molecule has 0 fully saturated rings. The van der Waals surface area contributed by atoms with E-state index in [2.05, 4.69) is 0 Å². The van der Waals surface area contributed by atoms with Gasteiger partial charge in [0.05, 0.1) is 0 Å². The van der Waals surface area contributed by atoms with Gasteiger partial charge in [-0.1, -0.05) is 48.9 Å². The van der Waals surface area contributed by atoms with Crippen LogP contribution >= 0.6 is 11.6 Å². The molecule has 0 heterocycles. The lowest BCUT2D eigenvalue weighted by molar-refractivity contribution is 0.171. The number of ether oxygens (including phenoxy) is 1. The Kier molecular flexibility index (Phi) is 5.05. The minimum absolute atomic E-state index is 0.101. The van der Waals surface area contributed by atoms with Gasteiger partial charge in [0.2, 0.25) is 0 Å². The lowest BCUT2D eigenvalue weighted by Gasteiger charge is -2.25. The molecule has 2 rings (SSSR count). The van der Waals surface area contributed by atoms with Crippen LogP contribution in [0.1, 0.15) is 30.6 Å². The molecule has 2 aromatic rings. The van der Waals surface area contributed by atoms with Crippen LogP contribution in [0.5, 0.6) is 5.75 Å². The largest absolute Gasteiger partial charge is 0.484 e. The second-order valence-electron chi connectivity index (χ2n) is 4.95. The minimum Gasteiger partial charge on any atom is -0.484 e. The third kappa shape index (κ3) is 3.53. The van der Waals surface area contributed by atoms with Crippen molar-refractivity contribution in [2.24, 2.45) is 5.73 Å². The van der Waals surface area contributed by atoms with Crippen molar-refractivity contribution in [1.82, 2.24) is 0 Å². The number of halogens is 1. The fourth-order valence-electron chi connectivity index (χ4n) is 2.14. The molecule has 0 aromatic heterocycles. The number of rotatable bonds is 5. The van der Waals surface area contributed by atoms with Crippen molar-refractivity contribution in [3.05, 3.63) is 64.7 Å². The van der Waals surface area contributed by atoms with Crippen LogP contribution in [0, 0.1) is 6.92 Å².